The molecule has 0 spiro atoms. The van der Waals surface area contributed by atoms with Crippen molar-refractivity contribution in [1.82, 2.24) is 0 Å². The van der Waals surface area contributed by atoms with E-state index in [0.29, 0.717) is 19.6 Å². The zero-order chi connectivity index (χ0) is 16.7. The first-order valence-electron chi connectivity index (χ1n) is 8.04. The zero-order valence-electron chi connectivity index (χ0n) is 14.0. The molecule has 3 nitrogen and oxygen atoms in total. The number of thioether (sulfide) groups is 2. The minimum Gasteiger partial charge on any atom is -0.306 e. The second-order valence-electron chi connectivity index (χ2n) is 5.28. The van der Waals surface area contributed by atoms with Crippen LogP contribution in [-0.2, 0) is 13.6 Å². The van der Waals surface area contributed by atoms with Gasteiger partial charge in [-0.2, -0.15) is 0 Å². The highest BCUT2D eigenvalue weighted by Gasteiger charge is 2.35. The van der Waals surface area contributed by atoms with Gasteiger partial charge in [-0.25, -0.2) is 0 Å². The number of hydrogen-bond donors (Lipinski definition) is 0. The first-order valence-corrected chi connectivity index (χ1v) is 11.6. The molecule has 1 fully saturated rings. The normalized spacial score (nSPS) is 16.6. The molecule has 128 valence electrons. The lowest BCUT2D eigenvalue weighted by Gasteiger charge is -2.24. The fourth-order valence-electron chi connectivity index (χ4n) is 2.51. The van der Waals surface area contributed by atoms with Crippen molar-refractivity contribution >= 4 is 31.1 Å². The second-order valence-corrected chi connectivity index (χ2v) is 9.80. The van der Waals surface area contributed by atoms with Gasteiger partial charge in [0, 0.05) is 11.5 Å². The molecule has 1 saturated heterocycles. The van der Waals surface area contributed by atoms with Crippen LogP contribution >= 0.6 is 31.1 Å². The van der Waals surface area contributed by atoms with E-state index in [2.05, 4.69) is 19.1 Å². The van der Waals surface area contributed by atoms with E-state index in [9.17, 15) is 4.57 Å². The Bertz CT molecular complexity index is 556. The van der Waals surface area contributed by atoms with Crippen LogP contribution in [0, 0.1) is 0 Å². The van der Waals surface area contributed by atoms with Gasteiger partial charge in [-0.05, 0) is 31.7 Å². The maximum absolute atomic E-state index is 13.3. The van der Waals surface area contributed by atoms with Gasteiger partial charge in [-0.15, -0.1) is 23.5 Å². The lowest BCUT2D eigenvalue weighted by Crippen LogP contribution is -2.04. The molecule has 1 aromatic carbocycles. The molecule has 0 amide bonds. The summed E-state index contributed by atoms with van der Waals surface area (Å²) in [5.41, 5.74) is 1.25. The molecule has 6 heteroatoms. The summed E-state index contributed by atoms with van der Waals surface area (Å²) in [5, 5.41) is 0.866. The molecule has 0 aromatic heterocycles. The summed E-state index contributed by atoms with van der Waals surface area (Å²) in [6.45, 7) is 6.68. The predicted molar refractivity (Wildman–Crippen MR) is 102 cm³/mol. The summed E-state index contributed by atoms with van der Waals surface area (Å²) < 4.78 is 25.7. The molecule has 0 bridgehead atoms. The molecule has 1 heterocycles. The van der Waals surface area contributed by atoms with Crippen LogP contribution in [0.5, 0.6) is 0 Å². The van der Waals surface area contributed by atoms with Gasteiger partial charge in [0.2, 0.25) is 0 Å². The maximum Gasteiger partial charge on any atom is 0.358 e. The highest BCUT2D eigenvalue weighted by Crippen LogP contribution is 2.63. The topological polar surface area (TPSA) is 35.5 Å². The summed E-state index contributed by atoms with van der Waals surface area (Å²) in [6.07, 6.45) is 0.705. The Morgan fingerprint density at radius 1 is 1.13 bits per heavy atom. The number of allylic oxidation sites excluding steroid dienone is 1. The third kappa shape index (κ3) is 5.14. The third-order valence-electron chi connectivity index (χ3n) is 3.58. The Kier molecular flexibility index (Phi) is 7.77. The van der Waals surface area contributed by atoms with Crippen LogP contribution < -0.4 is 0 Å². The Hall–Kier alpha value is -0.190. The molecule has 0 N–H and O–H groups in total. The van der Waals surface area contributed by atoms with Crippen molar-refractivity contribution in [3.63, 3.8) is 0 Å². The molecule has 0 radical (unpaired) electrons. The fourth-order valence-corrected chi connectivity index (χ4v) is 7.72. The first-order chi connectivity index (χ1) is 11.1. The predicted octanol–water partition coefficient (Wildman–Crippen LogP) is 6.10. The molecule has 23 heavy (non-hydrogen) atoms. The van der Waals surface area contributed by atoms with E-state index < -0.39 is 7.60 Å². The van der Waals surface area contributed by atoms with E-state index in [1.807, 2.05) is 32.0 Å². The van der Waals surface area contributed by atoms with Crippen molar-refractivity contribution in [3.05, 3.63) is 45.4 Å². The average Bonchev–Trinajstić information content (AvgIpc) is 3.07. The Labute approximate surface area is 148 Å². The maximum atomic E-state index is 13.3. The lowest BCUT2D eigenvalue weighted by atomic mass is 9.98. The summed E-state index contributed by atoms with van der Waals surface area (Å²) in [5.74, 6) is 2.39. The van der Waals surface area contributed by atoms with Crippen LogP contribution in [0.4, 0.5) is 0 Å². The Balaban J connectivity index is 2.31. The van der Waals surface area contributed by atoms with E-state index in [-0.39, 0.29) is 5.92 Å². The fraction of sp³-hybridized carbons (Fsp3) is 0.529. The van der Waals surface area contributed by atoms with E-state index >= 15 is 0 Å². The largest absolute Gasteiger partial charge is 0.358 e. The molecule has 2 rings (SSSR count). The smallest absolute Gasteiger partial charge is 0.306 e. The van der Waals surface area contributed by atoms with Crippen LogP contribution in [0.15, 0.2) is 39.9 Å². The van der Waals surface area contributed by atoms with Crippen molar-refractivity contribution < 1.29 is 13.6 Å². The summed E-state index contributed by atoms with van der Waals surface area (Å²) >= 11 is 3.55. The highest BCUT2D eigenvalue weighted by molar-refractivity contribution is 8.25. The molecular formula is C17H25O3PS2. The van der Waals surface area contributed by atoms with Gasteiger partial charge in [-0.3, -0.25) is 4.57 Å². The van der Waals surface area contributed by atoms with Gasteiger partial charge >= 0.3 is 7.60 Å². The molecule has 1 aliphatic heterocycles. The zero-order valence-corrected chi connectivity index (χ0v) is 16.5. The van der Waals surface area contributed by atoms with Crippen LogP contribution in [0.25, 0.3) is 0 Å². The van der Waals surface area contributed by atoms with Crippen LogP contribution in [0.2, 0.25) is 0 Å². The standard InChI is InChI=1S/C17H25O3PS2/c1-4-19-21(18,20-5-2)16(17-22-11-12-23-17)13-14(3)15-9-7-6-8-10-15/h6-10,14H,4-5,11-13H2,1-3H3. The Morgan fingerprint density at radius 3 is 2.22 bits per heavy atom. The van der Waals surface area contributed by atoms with Crippen molar-refractivity contribution in [1.29, 1.82) is 0 Å². The lowest BCUT2D eigenvalue weighted by molar-refractivity contribution is 0.225. The van der Waals surface area contributed by atoms with E-state index in [4.69, 9.17) is 9.05 Å². The third-order valence-corrected chi connectivity index (χ3v) is 8.95. The van der Waals surface area contributed by atoms with Gasteiger partial charge in [0.05, 0.1) is 22.8 Å². The summed E-state index contributed by atoms with van der Waals surface area (Å²) in [4.78, 5) is 0. The molecule has 1 atom stereocenters. The Morgan fingerprint density at radius 2 is 1.70 bits per heavy atom. The molecule has 1 aliphatic rings. The van der Waals surface area contributed by atoms with Gasteiger partial charge in [0.15, 0.2) is 0 Å². The van der Waals surface area contributed by atoms with Crippen LogP contribution in [0.3, 0.4) is 0 Å². The van der Waals surface area contributed by atoms with Gasteiger partial charge in [-0.1, -0.05) is 37.3 Å². The van der Waals surface area contributed by atoms with Crippen molar-refractivity contribution in [3.8, 4) is 0 Å². The molecular weight excluding hydrogens is 347 g/mol. The number of hydrogen-bond acceptors (Lipinski definition) is 5. The quantitative estimate of drug-likeness (QED) is 0.516. The van der Waals surface area contributed by atoms with Crippen molar-refractivity contribution in [2.24, 2.45) is 0 Å². The molecule has 1 unspecified atom stereocenters. The highest BCUT2D eigenvalue weighted by atomic mass is 32.2. The van der Waals surface area contributed by atoms with E-state index in [1.165, 1.54) is 5.56 Å². The van der Waals surface area contributed by atoms with Gasteiger partial charge in [0.1, 0.15) is 0 Å². The van der Waals surface area contributed by atoms with Gasteiger partial charge in [0.25, 0.3) is 0 Å². The van der Waals surface area contributed by atoms with Gasteiger partial charge < -0.3 is 9.05 Å². The summed E-state index contributed by atoms with van der Waals surface area (Å²) in [7, 11) is -3.22. The molecule has 0 aliphatic carbocycles. The van der Waals surface area contributed by atoms with E-state index in [1.54, 1.807) is 23.5 Å². The first kappa shape index (κ1) is 19.1. The van der Waals surface area contributed by atoms with Crippen LogP contribution in [0.1, 0.15) is 38.7 Å². The minimum absolute atomic E-state index is 0.273. The number of benzene rings is 1. The van der Waals surface area contributed by atoms with Crippen molar-refractivity contribution in [2.75, 3.05) is 24.7 Å². The minimum atomic E-state index is -3.22. The van der Waals surface area contributed by atoms with Crippen molar-refractivity contribution in [2.45, 2.75) is 33.1 Å². The monoisotopic (exact) mass is 372 g/mol. The molecule has 1 aromatic rings. The number of rotatable bonds is 8. The van der Waals surface area contributed by atoms with E-state index in [0.717, 1.165) is 21.1 Å². The average molecular weight is 372 g/mol. The van der Waals surface area contributed by atoms with Crippen LogP contribution in [-0.4, -0.2) is 24.7 Å². The molecule has 0 saturated carbocycles. The second kappa shape index (κ2) is 9.33. The summed E-state index contributed by atoms with van der Waals surface area (Å²) in [6, 6.07) is 10.3. The SMILES string of the molecule is CCOP(=O)(OCC)C(CC(C)c1ccccc1)=C1SCCS1.